The maximum Gasteiger partial charge on any atom is 0.338 e. The Hall–Kier alpha value is -4.42. The molecule has 0 bridgehead atoms. The average Bonchev–Trinajstić information content (AvgIpc) is 3.22. The van der Waals surface area contributed by atoms with Crippen LogP contribution in [0.15, 0.2) is 89.5 Å². The molecule has 1 N–H and O–H groups in total. The highest BCUT2D eigenvalue weighted by atomic mass is 32.2. The molecule has 1 heterocycles. The number of nitriles is 1. The van der Waals surface area contributed by atoms with Gasteiger partial charge in [0, 0.05) is 11.4 Å². The lowest BCUT2D eigenvalue weighted by molar-refractivity contribution is -0.117. The summed E-state index contributed by atoms with van der Waals surface area (Å²) in [6.45, 7) is 2.00. The molecule has 1 aliphatic rings. The molecule has 1 saturated heterocycles. The van der Waals surface area contributed by atoms with Gasteiger partial charge in [-0.15, -0.1) is 0 Å². The summed E-state index contributed by atoms with van der Waals surface area (Å²) < 4.78 is 18.3. The molecule has 3 aromatic carbocycles. The van der Waals surface area contributed by atoms with Gasteiger partial charge in [0.15, 0.2) is 0 Å². The number of hydrogen-bond acceptors (Lipinski definition) is 6. The summed E-state index contributed by atoms with van der Waals surface area (Å²) in [7, 11) is 0. The first-order valence-corrected chi connectivity index (χ1v) is 12.3. The van der Waals surface area contributed by atoms with Crippen molar-refractivity contribution in [2.45, 2.75) is 18.6 Å². The highest BCUT2D eigenvalue weighted by molar-refractivity contribution is 8.05. The van der Waals surface area contributed by atoms with E-state index in [4.69, 9.17) is 4.74 Å². The Balaban J connectivity index is 1.64. The van der Waals surface area contributed by atoms with Gasteiger partial charge in [-0.2, -0.15) is 5.26 Å². The summed E-state index contributed by atoms with van der Waals surface area (Å²) in [5, 5.41) is 12.1. The van der Waals surface area contributed by atoms with Gasteiger partial charge in [0.1, 0.15) is 22.5 Å². The van der Waals surface area contributed by atoms with E-state index in [0.29, 0.717) is 23.4 Å². The summed E-state index contributed by atoms with van der Waals surface area (Å²) in [4.78, 5) is 39.9. The van der Waals surface area contributed by atoms with Crippen LogP contribution < -0.4 is 10.2 Å². The second kappa shape index (κ2) is 11.5. The van der Waals surface area contributed by atoms with E-state index in [0.717, 1.165) is 17.3 Å². The van der Waals surface area contributed by atoms with Gasteiger partial charge in [0.05, 0.1) is 17.4 Å². The quantitative estimate of drug-likeness (QED) is 0.268. The molecule has 4 rings (SSSR count). The van der Waals surface area contributed by atoms with Crippen LogP contribution in [0.2, 0.25) is 0 Å². The van der Waals surface area contributed by atoms with Crippen molar-refractivity contribution in [1.29, 1.82) is 5.26 Å². The summed E-state index contributed by atoms with van der Waals surface area (Å²) in [5.41, 5.74) is 1.83. The van der Waals surface area contributed by atoms with Crippen molar-refractivity contribution < 1.29 is 23.5 Å². The summed E-state index contributed by atoms with van der Waals surface area (Å²) in [5.74, 6) is -1.86. The van der Waals surface area contributed by atoms with Crippen LogP contribution >= 0.6 is 11.8 Å². The number of para-hydroxylation sites is 1. The number of benzene rings is 3. The van der Waals surface area contributed by atoms with E-state index in [1.165, 1.54) is 29.2 Å². The summed E-state index contributed by atoms with van der Waals surface area (Å²) in [6, 6.07) is 22.7. The van der Waals surface area contributed by atoms with E-state index >= 15 is 0 Å². The molecule has 1 aliphatic heterocycles. The first kappa shape index (κ1) is 25.7. The minimum absolute atomic E-state index is 0.214. The van der Waals surface area contributed by atoms with Gasteiger partial charge < -0.3 is 10.1 Å². The van der Waals surface area contributed by atoms with Crippen LogP contribution in [0.1, 0.15) is 22.8 Å². The number of amides is 2. The van der Waals surface area contributed by atoms with Crippen LogP contribution in [0.5, 0.6) is 0 Å². The number of carbonyl (C=O) groups excluding carboxylic acids is 3. The Morgan fingerprint density at radius 2 is 1.73 bits per heavy atom. The summed E-state index contributed by atoms with van der Waals surface area (Å²) in [6.07, 6.45) is 0.317. The number of nitrogens with one attached hydrogen (secondary N) is 1. The number of nitrogens with zero attached hydrogens (tertiary/aromatic N) is 2. The third kappa shape index (κ3) is 5.88. The maximum absolute atomic E-state index is 13.5. The Labute approximate surface area is 217 Å². The zero-order chi connectivity index (χ0) is 26.4. The van der Waals surface area contributed by atoms with Crippen molar-refractivity contribution in [3.8, 4) is 6.07 Å². The van der Waals surface area contributed by atoms with E-state index in [1.807, 2.05) is 6.07 Å². The number of thioether (sulfide) groups is 1. The maximum atomic E-state index is 13.5. The molecule has 1 atom stereocenters. The lowest BCUT2D eigenvalue weighted by Gasteiger charge is -2.18. The van der Waals surface area contributed by atoms with Crippen molar-refractivity contribution in [2.75, 3.05) is 16.8 Å². The van der Waals surface area contributed by atoms with Gasteiger partial charge >= 0.3 is 5.97 Å². The van der Waals surface area contributed by atoms with Gasteiger partial charge in [-0.3, -0.25) is 14.5 Å². The predicted octanol–water partition coefficient (Wildman–Crippen LogP) is 5.07. The second-order valence-electron chi connectivity index (χ2n) is 7.99. The number of halogens is 1. The fraction of sp³-hybridized carbons (Fsp3) is 0.143. The zero-order valence-corrected chi connectivity index (χ0v) is 20.6. The molecule has 0 aromatic heterocycles. The van der Waals surface area contributed by atoms with E-state index in [1.54, 1.807) is 61.5 Å². The van der Waals surface area contributed by atoms with Crippen molar-refractivity contribution >= 4 is 40.9 Å². The minimum Gasteiger partial charge on any atom is -0.462 e. The molecular formula is C28H22FN3O4S. The normalized spacial score (nSPS) is 16.2. The molecular weight excluding hydrogens is 493 g/mol. The summed E-state index contributed by atoms with van der Waals surface area (Å²) >= 11 is 1.13. The fourth-order valence-electron chi connectivity index (χ4n) is 3.73. The van der Waals surface area contributed by atoms with E-state index in [-0.39, 0.29) is 23.1 Å². The van der Waals surface area contributed by atoms with Gasteiger partial charge in [-0.05, 0) is 67.4 Å². The molecule has 1 unspecified atom stereocenters. The lowest BCUT2D eigenvalue weighted by Crippen LogP contribution is -2.30. The van der Waals surface area contributed by atoms with Crippen LogP contribution in [0.3, 0.4) is 0 Å². The Morgan fingerprint density at radius 3 is 2.35 bits per heavy atom. The van der Waals surface area contributed by atoms with Crippen molar-refractivity contribution in [3.63, 3.8) is 0 Å². The molecule has 1 fully saturated rings. The van der Waals surface area contributed by atoms with Crippen LogP contribution in [-0.4, -0.2) is 29.6 Å². The topological polar surface area (TPSA) is 99.5 Å². The van der Waals surface area contributed by atoms with Crippen LogP contribution in [-0.2, 0) is 20.7 Å². The second-order valence-corrected chi connectivity index (χ2v) is 9.18. The Kier molecular flexibility index (Phi) is 8.01. The minimum atomic E-state index is -0.704. The first-order chi connectivity index (χ1) is 17.9. The number of hydrogen-bond donors (Lipinski definition) is 1. The molecule has 0 radical (unpaired) electrons. The smallest absolute Gasteiger partial charge is 0.338 e. The van der Waals surface area contributed by atoms with Gasteiger partial charge in [-0.25, -0.2) is 9.18 Å². The van der Waals surface area contributed by atoms with E-state index in [2.05, 4.69) is 5.32 Å². The molecule has 0 spiro atoms. The molecule has 2 amide bonds. The van der Waals surface area contributed by atoms with E-state index in [9.17, 15) is 24.0 Å². The molecule has 37 heavy (non-hydrogen) atoms. The molecule has 0 saturated carbocycles. The first-order valence-electron chi connectivity index (χ1n) is 11.4. The molecule has 0 aliphatic carbocycles. The Morgan fingerprint density at radius 1 is 1.05 bits per heavy atom. The average molecular weight is 516 g/mol. The number of rotatable bonds is 7. The molecule has 9 heteroatoms. The standard InChI is InChI=1S/C28H22FN3O4S/c1-2-36-28(35)19-10-8-18(9-11-19)16-24-26(34)32(22-6-4-3-5-7-22)27(37-24)23(17-30)25(33)31-21-14-12-20(29)13-15-21/h3-15,24H,2,16H2,1H3,(H,31,33). The largest absolute Gasteiger partial charge is 0.462 e. The van der Waals surface area contributed by atoms with Crippen molar-refractivity contribution in [1.82, 2.24) is 0 Å². The SMILES string of the molecule is CCOC(=O)c1ccc(CC2SC(=C(C#N)C(=O)Nc3ccc(F)cc3)N(c3ccccc3)C2=O)cc1. The molecule has 3 aromatic rings. The van der Waals surface area contributed by atoms with Gasteiger partial charge in [0.2, 0.25) is 5.91 Å². The third-order valence-corrected chi connectivity index (χ3v) is 6.77. The molecule has 7 nitrogen and oxygen atoms in total. The van der Waals surface area contributed by atoms with Crippen molar-refractivity contribution in [3.05, 3.63) is 106 Å². The number of ether oxygens (including phenoxy) is 1. The van der Waals surface area contributed by atoms with Crippen LogP contribution in [0, 0.1) is 17.1 Å². The van der Waals surface area contributed by atoms with Crippen LogP contribution in [0.4, 0.5) is 15.8 Å². The lowest BCUT2D eigenvalue weighted by atomic mass is 10.1. The van der Waals surface area contributed by atoms with E-state index < -0.39 is 22.9 Å². The highest BCUT2D eigenvalue weighted by Gasteiger charge is 2.40. The molecule has 186 valence electrons. The number of carbonyl (C=O) groups is 3. The fourth-order valence-corrected chi connectivity index (χ4v) is 5.04. The van der Waals surface area contributed by atoms with Gasteiger partial charge in [0.25, 0.3) is 5.91 Å². The van der Waals surface area contributed by atoms with Gasteiger partial charge in [-0.1, -0.05) is 42.1 Å². The monoisotopic (exact) mass is 515 g/mol. The predicted molar refractivity (Wildman–Crippen MR) is 139 cm³/mol. The third-order valence-electron chi connectivity index (χ3n) is 5.51. The van der Waals surface area contributed by atoms with Crippen molar-refractivity contribution in [2.24, 2.45) is 0 Å². The zero-order valence-electron chi connectivity index (χ0n) is 19.8. The highest BCUT2D eigenvalue weighted by Crippen LogP contribution is 2.42. The number of anilines is 2. The Bertz CT molecular complexity index is 1380. The van der Waals surface area contributed by atoms with Crippen LogP contribution in [0.25, 0.3) is 0 Å². The number of esters is 1.